The summed E-state index contributed by atoms with van der Waals surface area (Å²) in [5.74, 6) is -0.200. The highest BCUT2D eigenvalue weighted by molar-refractivity contribution is 5.92. The molecule has 0 saturated carbocycles. The molecule has 0 saturated heterocycles. The van der Waals surface area contributed by atoms with Crippen molar-refractivity contribution in [1.29, 1.82) is 0 Å². The normalized spacial score (nSPS) is 12.0. The molecule has 0 atom stereocenters. The highest BCUT2D eigenvalue weighted by atomic mass is 16.3. The monoisotopic (exact) mass is 251 g/mol. The van der Waals surface area contributed by atoms with Gasteiger partial charge in [0.05, 0.1) is 17.8 Å². The lowest BCUT2D eigenvalue weighted by Crippen LogP contribution is -2.49. The summed E-state index contributed by atoms with van der Waals surface area (Å²) in [6.45, 7) is 3.85. The highest BCUT2D eigenvalue weighted by Crippen LogP contribution is 2.14. The number of aliphatic hydroxyl groups is 1. The highest BCUT2D eigenvalue weighted by Gasteiger charge is 2.26. The molecular weight excluding hydrogens is 230 g/mol. The molecule has 0 spiro atoms. The van der Waals surface area contributed by atoms with E-state index < -0.39 is 5.54 Å². The summed E-state index contributed by atoms with van der Waals surface area (Å²) in [4.78, 5) is 11.8. The van der Waals surface area contributed by atoms with E-state index in [1.165, 1.54) is 6.08 Å². The molecule has 0 radical (unpaired) electrons. The van der Waals surface area contributed by atoms with Crippen LogP contribution in [0.5, 0.6) is 0 Å². The molecule has 1 aromatic heterocycles. The smallest absolute Gasteiger partial charge is 0.244 e. The van der Waals surface area contributed by atoms with Gasteiger partial charge in [0.25, 0.3) is 0 Å². The Morgan fingerprint density at radius 1 is 1.56 bits per heavy atom. The van der Waals surface area contributed by atoms with Crippen LogP contribution in [0, 0.1) is 0 Å². The maximum absolute atomic E-state index is 11.8. The SMILES string of the molecule is CCC(CC)(CO)NC(=O)C=Cc1ccnn1C. The second-order valence-corrected chi connectivity index (χ2v) is 4.35. The third-order valence-corrected chi connectivity index (χ3v) is 3.31. The van der Waals surface area contributed by atoms with Crippen LogP contribution in [0.4, 0.5) is 0 Å². The van der Waals surface area contributed by atoms with E-state index in [1.54, 1.807) is 17.0 Å². The van der Waals surface area contributed by atoms with Gasteiger partial charge in [-0.3, -0.25) is 9.48 Å². The van der Waals surface area contributed by atoms with Gasteiger partial charge in [0, 0.05) is 19.3 Å². The Morgan fingerprint density at radius 3 is 2.67 bits per heavy atom. The lowest BCUT2D eigenvalue weighted by molar-refractivity contribution is -0.119. The molecule has 0 aliphatic heterocycles. The maximum Gasteiger partial charge on any atom is 0.244 e. The Balaban J connectivity index is 2.66. The molecule has 0 fully saturated rings. The maximum atomic E-state index is 11.8. The second kappa shape index (κ2) is 6.35. The van der Waals surface area contributed by atoms with Gasteiger partial charge in [-0.15, -0.1) is 0 Å². The zero-order valence-electron chi connectivity index (χ0n) is 11.2. The second-order valence-electron chi connectivity index (χ2n) is 4.35. The number of aliphatic hydroxyl groups excluding tert-OH is 1. The van der Waals surface area contributed by atoms with Crippen molar-refractivity contribution >= 4 is 12.0 Å². The summed E-state index contributed by atoms with van der Waals surface area (Å²) in [6.07, 6.45) is 6.24. The van der Waals surface area contributed by atoms with Gasteiger partial charge in [0.1, 0.15) is 0 Å². The number of aromatic nitrogens is 2. The molecule has 0 unspecified atom stereocenters. The van der Waals surface area contributed by atoms with Gasteiger partial charge in [0.2, 0.25) is 5.91 Å². The summed E-state index contributed by atoms with van der Waals surface area (Å²) >= 11 is 0. The number of hydrogen-bond donors (Lipinski definition) is 2. The van der Waals surface area contributed by atoms with E-state index in [0.717, 1.165) is 5.69 Å². The number of amides is 1. The standard InChI is InChI=1S/C13H21N3O2/c1-4-13(5-2,10-17)15-12(18)7-6-11-8-9-14-16(11)3/h6-9,17H,4-5,10H2,1-3H3,(H,15,18). The van der Waals surface area contributed by atoms with E-state index in [-0.39, 0.29) is 12.5 Å². The van der Waals surface area contributed by atoms with Gasteiger partial charge in [0.15, 0.2) is 0 Å². The Kier molecular flexibility index (Phi) is 5.09. The Hall–Kier alpha value is -1.62. The van der Waals surface area contributed by atoms with Crippen LogP contribution in [-0.4, -0.2) is 32.9 Å². The van der Waals surface area contributed by atoms with E-state index in [2.05, 4.69) is 10.4 Å². The molecule has 1 rings (SSSR count). The lowest BCUT2D eigenvalue weighted by Gasteiger charge is -2.30. The van der Waals surface area contributed by atoms with Crippen molar-refractivity contribution in [2.24, 2.45) is 7.05 Å². The van der Waals surface area contributed by atoms with Gasteiger partial charge < -0.3 is 10.4 Å². The Bertz CT molecular complexity index is 411. The molecule has 1 heterocycles. The zero-order valence-corrected chi connectivity index (χ0v) is 11.2. The summed E-state index contributed by atoms with van der Waals surface area (Å²) in [5.41, 5.74) is 0.334. The van der Waals surface area contributed by atoms with Crippen molar-refractivity contribution in [3.05, 3.63) is 24.0 Å². The topological polar surface area (TPSA) is 67.2 Å². The van der Waals surface area contributed by atoms with Crippen molar-refractivity contribution in [3.63, 3.8) is 0 Å². The van der Waals surface area contributed by atoms with Crippen LogP contribution in [0.3, 0.4) is 0 Å². The average Bonchev–Trinajstić information content (AvgIpc) is 2.79. The average molecular weight is 251 g/mol. The molecule has 0 aromatic carbocycles. The third-order valence-electron chi connectivity index (χ3n) is 3.31. The molecule has 5 nitrogen and oxygen atoms in total. The summed E-state index contributed by atoms with van der Waals surface area (Å²) in [7, 11) is 1.81. The summed E-state index contributed by atoms with van der Waals surface area (Å²) in [6, 6.07) is 1.82. The molecule has 5 heteroatoms. The van der Waals surface area contributed by atoms with Crippen molar-refractivity contribution in [2.75, 3.05) is 6.61 Å². The molecule has 1 amide bonds. The lowest BCUT2D eigenvalue weighted by atomic mass is 9.94. The summed E-state index contributed by atoms with van der Waals surface area (Å²) < 4.78 is 1.68. The molecule has 0 bridgehead atoms. The van der Waals surface area contributed by atoms with Crippen LogP contribution in [-0.2, 0) is 11.8 Å². The first-order chi connectivity index (χ1) is 8.56. The van der Waals surface area contributed by atoms with Crippen LogP contribution in [0.2, 0.25) is 0 Å². The van der Waals surface area contributed by atoms with Crippen LogP contribution < -0.4 is 5.32 Å². The minimum atomic E-state index is -0.520. The Morgan fingerprint density at radius 2 is 2.22 bits per heavy atom. The number of nitrogens with one attached hydrogen (secondary N) is 1. The number of hydrogen-bond acceptors (Lipinski definition) is 3. The number of carbonyl (C=O) groups is 1. The molecule has 0 aliphatic rings. The number of carbonyl (C=O) groups excluding carboxylic acids is 1. The van der Waals surface area contributed by atoms with Crippen molar-refractivity contribution < 1.29 is 9.90 Å². The van der Waals surface area contributed by atoms with Crippen molar-refractivity contribution in [3.8, 4) is 0 Å². The largest absolute Gasteiger partial charge is 0.394 e. The van der Waals surface area contributed by atoms with E-state index in [1.807, 2.05) is 27.0 Å². The fourth-order valence-corrected chi connectivity index (χ4v) is 1.70. The van der Waals surface area contributed by atoms with Gasteiger partial charge in [-0.1, -0.05) is 13.8 Å². The first-order valence-electron chi connectivity index (χ1n) is 6.16. The van der Waals surface area contributed by atoms with Crippen LogP contribution >= 0.6 is 0 Å². The van der Waals surface area contributed by atoms with E-state index in [9.17, 15) is 9.90 Å². The number of rotatable bonds is 6. The van der Waals surface area contributed by atoms with Crippen LogP contribution in [0.25, 0.3) is 6.08 Å². The van der Waals surface area contributed by atoms with Crippen molar-refractivity contribution in [2.45, 2.75) is 32.2 Å². The number of aryl methyl sites for hydroxylation is 1. The molecule has 2 N–H and O–H groups in total. The minimum absolute atomic E-state index is 0.0503. The predicted molar refractivity (Wildman–Crippen MR) is 70.8 cm³/mol. The predicted octanol–water partition coefficient (Wildman–Crippen LogP) is 1.10. The molecule has 100 valence electrons. The molecular formula is C13H21N3O2. The zero-order chi connectivity index (χ0) is 13.6. The third kappa shape index (κ3) is 3.43. The van der Waals surface area contributed by atoms with E-state index in [0.29, 0.717) is 12.8 Å². The fourth-order valence-electron chi connectivity index (χ4n) is 1.70. The van der Waals surface area contributed by atoms with Crippen LogP contribution in [0.1, 0.15) is 32.4 Å². The van der Waals surface area contributed by atoms with E-state index in [4.69, 9.17) is 0 Å². The first kappa shape index (κ1) is 14.4. The molecule has 0 aliphatic carbocycles. The molecule has 18 heavy (non-hydrogen) atoms. The number of nitrogens with zero attached hydrogens (tertiary/aromatic N) is 2. The van der Waals surface area contributed by atoms with Gasteiger partial charge in [-0.25, -0.2) is 0 Å². The first-order valence-corrected chi connectivity index (χ1v) is 6.16. The summed E-state index contributed by atoms with van der Waals surface area (Å²) in [5, 5.41) is 16.2. The van der Waals surface area contributed by atoms with E-state index >= 15 is 0 Å². The molecule has 1 aromatic rings. The van der Waals surface area contributed by atoms with Gasteiger partial charge in [-0.2, -0.15) is 5.10 Å². The van der Waals surface area contributed by atoms with Crippen LogP contribution in [0.15, 0.2) is 18.3 Å². The fraction of sp³-hybridized carbons (Fsp3) is 0.538. The van der Waals surface area contributed by atoms with Gasteiger partial charge >= 0.3 is 0 Å². The van der Waals surface area contributed by atoms with Gasteiger partial charge in [-0.05, 0) is 25.0 Å². The van der Waals surface area contributed by atoms with Crippen molar-refractivity contribution in [1.82, 2.24) is 15.1 Å². The Labute approximate surface area is 108 Å². The quantitative estimate of drug-likeness (QED) is 0.744. The minimum Gasteiger partial charge on any atom is -0.394 e.